The molecule has 1 heterocycles. The maximum absolute atomic E-state index is 12.9. The number of rotatable bonds is 5. The van der Waals surface area contributed by atoms with Gasteiger partial charge in [0, 0.05) is 17.8 Å². The van der Waals surface area contributed by atoms with Crippen molar-refractivity contribution in [1.82, 2.24) is 14.5 Å². The van der Waals surface area contributed by atoms with Crippen molar-refractivity contribution >= 4 is 10.0 Å². The van der Waals surface area contributed by atoms with Crippen LogP contribution in [0.4, 0.5) is 0 Å². The minimum atomic E-state index is -3.61. The van der Waals surface area contributed by atoms with Crippen LogP contribution < -0.4 is 4.72 Å². The Balaban J connectivity index is 1.91. The van der Waals surface area contributed by atoms with Crippen LogP contribution in [0.25, 0.3) is 5.69 Å². The lowest BCUT2D eigenvalue weighted by atomic mass is 10.1. The van der Waals surface area contributed by atoms with Crippen LogP contribution in [0.1, 0.15) is 33.6 Å². The van der Waals surface area contributed by atoms with E-state index >= 15 is 0 Å². The topological polar surface area (TPSA) is 64.0 Å². The molecule has 3 rings (SSSR count). The number of aromatic nitrogens is 2. The molecule has 0 bridgehead atoms. The van der Waals surface area contributed by atoms with Gasteiger partial charge in [0.15, 0.2) is 0 Å². The molecule has 0 aliphatic rings. The summed E-state index contributed by atoms with van der Waals surface area (Å²) in [7, 11) is -3.61. The average molecular weight is 384 g/mol. The predicted octanol–water partition coefficient (Wildman–Crippen LogP) is 3.89. The van der Waals surface area contributed by atoms with E-state index < -0.39 is 10.0 Å². The van der Waals surface area contributed by atoms with E-state index in [1.165, 1.54) is 0 Å². The summed E-state index contributed by atoms with van der Waals surface area (Å²) < 4.78 is 30.4. The summed E-state index contributed by atoms with van der Waals surface area (Å²) in [6.07, 6.45) is 0. The lowest BCUT2D eigenvalue weighted by Gasteiger charge is -2.13. The van der Waals surface area contributed by atoms with Gasteiger partial charge in [-0.15, -0.1) is 0 Å². The van der Waals surface area contributed by atoms with E-state index in [1.54, 1.807) is 0 Å². The quantitative estimate of drug-likeness (QED) is 0.727. The molecule has 1 aromatic heterocycles. The van der Waals surface area contributed by atoms with Crippen molar-refractivity contribution in [3.63, 3.8) is 0 Å². The third-order valence-electron chi connectivity index (χ3n) is 4.75. The Morgan fingerprint density at radius 2 is 1.56 bits per heavy atom. The highest BCUT2D eigenvalue weighted by Gasteiger charge is 2.21. The van der Waals surface area contributed by atoms with Crippen LogP contribution >= 0.6 is 0 Å². The molecule has 0 spiro atoms. The van der Waals surface area contributed by atoms with E-state index in [-0.39, 0.29) is 6.54 Å². The molecule has 1 N–H and O–H groups in total. The fraction of sp³-hybridized carbons (Fsp3) is 0.286. The molecule has 5 nitrogen and oxygen atoms in total. The molecule has 0 radical (unpaired) electrons. The molecule has 0 aliphatic heterocycles. The zero-order valence-corrected chi connectivity index (χ0v) is 17.2. The van der Waals surface area contributed by atoms with Crippen molar-refractivity contribution in [2.75, 3.05) is 0 Å². The van der Waals surface area contributed by atoms with Crippen LogP contribution in [0.15, 0.2) is 47.4 Å². The Morgan fingerprint density at radius 3 is 2.15 bits per heavy atom. The zero-order chi connectivity index (χ0) is 19.8. The Morgan fingerprint density at radius 1 is 0.963 bits per heavy atom. The van der Waals surface area contributed by atoms with Crippen molar-refractivity contribution in [1.29, 1.82) is 0 Å². The maximum atomic E-state index is 12.9. The summed E-state index contributed by atoms with van der Waals surface area (Å²) in [5, 5.41) is 4.58. The Bertz CT molecular complexity index is 1060. The van der Waals surface area contributed by atoms with Crippen molar-refractivity contribution in [2.45, 2.75) is 46.1 Å². The summed E-state index contributed by atoms with van der Waals surface area (Å²) in [6.45, 7) is 9.70. The predicted molar refractivity (Wildman–Crippen MR) is 108 cm³/mol. The lowest BCUT2D eigenvalue weighted by molar-refractivity contribution is 0.579. The van der Waals surface area contributed by atoms with Gasteiger partial charge in [0.05, 0.1) is 16.3 Å². The minimum Gasteiger partial charge on any atom is -0.238 e. The molecule has 27 heavy (non-hydrogen) atoms. The van der Waals surface area contributed by atoms with Gasteiger partial charge in [-0.3, -0.25) is 0 Å². The second kappa shape index (κ2) is 7.29. The van der Waals surface area contributed by atoms with Gasteiger partial charge in [-0.1, -0.05) is 35.9 Å². The van der Waals surface area contributed by atoms with Gasteiger partial charge in [-0.25, -0.2) is 17.8 Å². The van der Waals surface area contributed by atoms with E-state index in [0.717, 1.165) is 39.3 Å². The number of hydrogen-bond acceptors (Lipinski definition) is 3. The molecule has 6 heteroatoms. The molecule has 2 aromatic carbocycles. The van der Waals surface area contributed by atoms with Gasteiger partial charge >= 0.3 is 0 Å². The highest BCUT2D eigenvalue weighted by Crippen LogP contribution is 2.23. The van der Waals surface area contributed by atoms with Gasteiger partial charge in [-0.05, 0) is 57.9 Å². The second-order valence-electron chi connectivity index (χ2n) is 6.95. The Labute approximate surface area is 161 Å². The highest BCUT2D eigenvalue weighted by molar-refractivity contribution is 7.89. The molecule has 142 valence electrons. The van der Waals surface area contributed by atoms with Crippen molar-refractivity contribution in [2.24, 2.45) is 0 Å². The molecular formula is C21H25N3O2S. The molecule has 3 aromatic rings. The monoisotopic (exact) mass is 383 g/mol. The van der Waals surface area contributed by atoms with Crippen LogP contribution in [0.2, 0.25) is 0 Å². The summed E-state index contributed by atoms with van der Waals surface area (Å²) >= 11 is 0. The first kappa shape index (κ1) is 19.3. The normalized spacial score (nSPS) is 11.7. The SMILES string of the molecule is Cc1cc(C)c(S(=O)(=O)NCc2c(C)nn(-c3ccccc3)c2C)c(C)c1. The number of para-hydroxylation sites is 1. The minimum absolute atomic E-state index is 0.208. The number of aryl methyl sites for hydroxylation is 4. The van der Waals surface area contributed by atoms with Crippen LogP contribution in [0.3, 0.4) is 0 Å². The third-order valence-corrected chi connectivity index (χ3v) is 6.46. The summed E-state index contributed by atoms with van der Waals surface area (Å²) in [5.74, 6) is 0. The number of nitrogens with zero attached hydrogens (tertiary/aromatic N) is 2. The first-order valence-electron chi connectivity index (χ1n) is 8.88. The largest absolute Gasteiger partial charge is 0.241 e. The van der Waals surface area contributed by atoms with E-state index in [1.807, 2.05) is 81.8 Å². The Kier molecular flexibility index (Phi) is 5.22. The van der Waals surface area contributed by atoms with E-state index in [9.17, 15) is 8.42 Å². The van der Waals surface area contributed by atoms with Crippen molar-refractivity contribution < 1.29 is 8.42 Å². The summed E-state index contributed by atoms with van der Waals surface area (Å²) in [6, 6.07) is 13.6. The van der Waals surface area contributed by atoms with E-state index in [2.05, 4.69) is 9.82 Å². The molecule has 0 atom stereocenters. The fourth-order valence-electron chi connectivity index (χ4n) is 3.58. The summed E-state index contributed by atoms with van der Waals surface area (Å²) in [4.78, 5) is 0.360. The third kappa shape index (κ3) is 3.82. The molecule has 0 amide bonds. The fourth-order valence-corrected chi connectivity index (χ4v) is 5.03. The zero-order valence-electron chi connectivity index (χ0n) is 16.4. The van der Waals surface area contributed by atoms with Gasteiger partial charge in [0.2, 0.25) is 10.0 Å². The number of hydrogen-bond donors (Lipinski definition) is 1. The first-order valence-corrected chi connectivity index (χ1v) is 10.4. The van der Waals surface area contributed by atoms with Gasteiger partial charge in [0.1, 0.15) is 0 Å². The number of sulfonamides is 1. The molecule has 0 unspecified atom stereocenters. The van der Waals surface area contributed by atoms with Crippen LogP contribution in [0.5, 0.6) is 0 Å². The van der Waals surface area contributed by atoms with Crippen LogP contribution in [-0.2, 0) is 16.6 Å². The molecule has 0 fully saturated rings. The van der Waals surface area contributed by atoms with Gasteiger partial charge in [-0.2, -0.15) is 5.10 Å². The second-order valence-corrected chi connectivity index (χ2v) is 8.65. The van der Waals surface area contributed by atoms with Gasteiger partial charge in [0.25, 0.3) is 0 Å². The van der Waals surface area contributed by atoms with Crippen LogP contribution in [-0.4, -0.2) is 18.2 Å². The van der Waals surface area contributed by atoms with Crippen molar-refractivity contribution in [3.8, 4) is 5.69 Å². The van der Waals surface area contributed by atoms with E-state index in [4.69, 9.17) is 0 Å². The van der Waals surface area contributed by atoms with Crippen LogP contribution in [0, 0.1) is 34.6 Å². The molecule has 0 saturated carbocycles. The standard InChI is InChI=1S/C21H25N3O2S/c1-14-11-15(2)21(16(3)12-14)27(25,26)22-13-20-17(4)23-24(18(20)5)19-9-7-6-8-10-19/h6-12,22H,13H2,1-5H3. The molecule has 0 aliphatic carbocycles. The smallest absolute Gasteiger partial charge is 0.238 e. The van der Waals surface area contributed by atoms with Gasteiger partial charge < -0.3 is 0 Å². The number of benzene rings is 2. The first-order chi connectivity index (χ1) is 12.7. The average Bonchev–Trinajstić information content (AvgIpc) is 2.87. The van der Waals surface area contributed by atoms with Crippen molar-refractivity contribution in [3.05, 3.63) is 76.1 Å². The van der Waals surface area contributed by atoms with E-state index in [0.29, 0.717) is 4.90 Å². The Hall–Kier alpha value is -2.44. The summed E-state index contributed by atoms with van der Waals surface area (Å²) in [5.41, 5.74) is 6.17. The maximum Gasteiger partial charge on any atom is 0.241 e. The number of nitrogens with one attached hydrogen (secondary N) is 1. The lowest BCUT2D eigenvalue weighted by Crippen LogP contribution is -2.25. The molecular weight excluding hydrogens is 358 g/mol. The highest BCUT2D eigenvalue weighted by atomic mass is 32.2. The molecule has 0 saturated heterocycles.